The number of nitrogen functional groups attached to an aromatic ring is 1. The van der Waals surface area contributed by atoms with Gasteiger partial charge >= 0.3 is 0 Å². The average Bonchev–Trinajstić information content (AvgIpc) is 2.39. The lowest BCUT2D eigenvalue weighted by Crippen LogP contribution is -2.07. The molecule has 0 amide bonds. The number of methoxy groups -OCH3 is 1. The number of nitrogens with two attached hydrogens (primary N) is 1. The third-order valence-corrected chi connectivity index (χ3v) is 3.02. The van der Waals surface area contributed by atoms with Crippen molar-refractivity contribution in [2.24, 2.45) is 0 Å². The van der Waals surface area contributed by atoms with Crippen molar-refractivity contribution in [3.05, 3.63) is 58.4 Å². The van der Waals surface area contributed by atoms with E-state index in [4.69, 9.17) is 22.1 Å². The molecule has 19 heavy (non-hydrogen) atoms. The lowest BCUT2D eigenvalue weighted by molar-refractivity contribution is 0.103. The highest BCUT2D eigenvalue weighted by Gasteiger charge is 2.18. The van der Waals surface area contributed by atoms with Gasteiger partial charge < -0.3 is 10.5 Å². The topological polar surface area (TPSA) is 52.3 Å². The third kappa shape index (κ3) is 2.53. The summed E-state index contributed by atoms with van der Waals surface area (Å²) in [5.74, 6) is -1.03. The molecule has 2 aromatic rings. The van der Waals surface area contributed by atoms with Gasteiger partial charge in [0.15, 0.2) is 17.3 Å². The smallest absolute Gasteiger partial charge is 0.196 e. The minimum atomic E-state index is -0.615. The SMILES string of the molecule is COc1cc(C(=O)c2ccccc2Cl)c(N)cc1F. The molecule has 0 saturated heterocycles. The molecule has 2 rings (SSSR count). The van der Waals surface area contributed by atoms with Crippen LogP contribution in [0.15, 0.2) is 36.4 Å². The third-order valence-electron chi connectivity index (χ3n) is 2.69. The van der Waals surface area contributed by atoms with E-state index in [1.165, 1.54) is 13.2 Å². The van der Waals surface area contributed by atoms with Crippen LogP contribution in [-0.2, 0) is 0 Å². The molecule has 0 aliphatic heterocycles. The van der Waals surface area contributed by atoms with Gasteiger partial charge in [0.2, 0.25) is 0 Å². The Labute approximate surface area is 114 Å². The first-order chi connectivity index (χ1) is 9.04. The molecule has 2 aromatic carbocycles. The van der Waals surface area contributed by atoms with Crippen LogP contribution in [0.4, 0.5) is 10.1 Å². The second-order valence-corrected chi connectivity index (χ2v) is 4.29. The van der Waals surface area contributed by atoms with Gasteiger partial charge in [0.05, 0.1) is 12.1 Å². The van der Waals surface area contributed by atoms with Crippen LogP contribution in [0.1, 0.15) is 15.9 Å². The zero-order valence-corrected chi connectivity index (χ0v) is 10.9. The molecule has 0 aliphatic carbocycles. The van der Waals surface area contributed by atoms with E-state index < -0.39 is 5.82 Å². The molecule has 0 fully saturated rings. The van der Waals surface area contributed by atoms with Gasteiger partial charge in [0.1, 0.15) is 0 Å². The predicted molar refractivity (Wildman–Crippen MR) is 72.2 cm³/mol. The molecule has 3 nitrogen and oxygen atoms in total. The molecular formula is C14H11ClFNO2. The molecule has 0 aliphatic rings. The maximum absolute atomic E-state index is 13.4. The highest BCUT2D eigenvalue weighted by Crippen LogP contribution is 2.27. The van der Waals surface area contributed by atoms with Crippen LogP contribution in [0.25, 0.3) is 0 Å². The number of carbonyl (C=O) groups excluding carboxylic acids is 1. The Balaban J connectivity index is 2.53. The Morgan fingerprint density at radius 1 is 1.26 bits per heavy atom. The average molecular weight is 280 g/mol. The molecule has 0 atom stereocenters. The molecule has 5 heteroatoms. The molecule has 0 aromatic heterocycles. The van der Waals surface area contributed by atoms with Crippen molar-refractivity contribution >= 4 is 23.1 Å². The summed E-state index contributed by atoms with van der Waals surface area (Å²) in [5.41, 5.74) is 6.19. The molecule has 0 bridgehead atoms. The van der Waals surface area contributed by atoms with E-state index in [1.54, 1.807) is 24.3 Å². The zero-order valence-electron chi connectivity index (χ0n) is 10.1. The maximum Gasteiger partial charge on any atom is 0.196 e. The van der Waals surface area contributed by atoms with Crippen molar-refractivity contribution in [3.63, 3.8) is 0 Å². The van der Waals surface area contributed by atoms with E-state index in [1.807, 2.05) is 0 Å². The van der Waals surface area contributed by atoms with Crippen molar-refractivity contribution in [1.82, 2.24) is 0 Å². The fraction of sp³-hybridized carbons (Fsp3) is 0.0714. The summed E-state index contributed by atoms with van der Waals surface area (Å²) in [7, 11) is 1.32. The van der Waals surface area contributed by atoms with Crippen molar-refractivity contribution in [2.45, 2.75) is 0 Å². The van der Waals surface area contributed by atoms with Crippen LogP contribution in [0, 0.1) is 5.82 Å². The number of carbonyl (C=O) groups is 1. The molecule has 0 unspecified atom stereocenters. The van der Waals surface area contributed by atoms with Crippen LogP contribution in [0.3, 0.4) is 0 Å². The zero-order chi connectivity index (χ0) is 14.0. The second-order valence-electron chi connectivity index (χ2n) is 3.88. The number of anilines is 1. The second kappa shape index (κ2) is 5.28. The van der Waals surface area contributed by atoms with Crippen molar-refractivity contribution in [3.8, 4) is 5.75 Å². The van der Waals surface area contributed by atoms with E-state index in [-0.39, 0.29) is 22.8 Å². The molecule has 98 valence electrons. The Kier molecular flexibility index (Phi) is 3.71. The molecule has 0 saturated carbocycles. The first-order valence-electron chi connectivity index (χ1n) is 5.47. The number of hydrogen-bond donors (Lipinski definition) is 1. The Hall–Kier alpha value is -2.07. The quantitative estimate of drug-likeness (QED) is 0.693. The van der Waals surface area contributed by atoms with Crippen molar-refractivity contribution in [2.75, 3.05) is 12.8 Å². The van der Waals surface area contributed by atoms with Crippen molar-refractivity contribution in [1.29, 1.82) is 0 Å². The molecular weight excluding hydrogens is 269 g/mol. The predicted octanol–water partition coefficient (Wildman–Crippen LogP) is 3.30. The highest BCUT2D eigenvalue weighted by atomic mass is 35.5. The summed E-state index contributed by atoms with van der Waals surface area (Å²) in [4.78, 5) is 12.3. The lowest BCUT2D eigenvalue weighted by Gasteiger charge is -2.09. The fourth-order valence-electron chi connectivity index (χ4n) is 1.71. The van der Waals surface area contributed by atoms with Crippen LogP contribution in [0.5, 0.6) is 5.75 Å². The fourth-order valence-corrected chi connectivity index (χ4v) is 1.93. The highest BCUT2D eigenvalue weighted by molar-refractivity contribution is 6.35. The van der Waals surface area contributed by atoms with Gasteiger partial charge in [-0.2, -0.15) is 0 Å². The summed E-state index contributed by atoms with van der Waals surface area (Å²) in [6.45, 7) is 0. The summed E-state index contributed by atoms with van der Waals surface area (Å²) in [6, 6.07) is 8.93. The van der Waals surface area contributed by atoms with E-state index in [9.17, 15) is 9.18 Å². The van der Waals surface area contributed by atoms with E-state index in [0.717, 1.165) is 6.07 Å². The number of ether oxygens (including phenoxy) is 1. The maximum atomic E-state index is 13.4. The van der Waals surface area contributed by atoms with Crippen molar-refractivity contribution < 1.29 is 13.9 Å². The van der Waals surface area contributed by atoms with Crippen LogP contribution in [0.2, 0.25) is 5.02 Å². The molecule has 0 radical (unpaired) electrons. The number of ketones is 1. The van der Waals surface area contributed by atoms with Gasteiger partial charge in [0, 0.05) is 22.9 Å². The van der Waals surface area contributed by atoms with Crippen LogP contribution in [-0.4, -0.2) is 12.9 Å². The Morgan fingerprint density at radius 2 is 1.95 bits per heavy atom. The first kappa shape index (κ1) is 13.4. The van der Waals surface area contributed by atoms with Gasteiger partial charge in [-0.1, -0.05) is 23.7 Å². The summed E-state index contributed by atoms with van der Waals surface area (Å²) in [6.07, 6.45) is 0. The van der Waals surface area contributed by atoms with E-state index >= 15 is 0 Å². The van der Waals surface area contributed by atoms with Crippen LogP contribution < -0.4 is 10.5 Å². The molecule has 0 heterocycles. The Morgan fingerprint density at radius 3 is 2.58 bits per heavy atom. The van der Waals surface area contributed by atoms with Gasteiger partial charge in [-0.3, -0.25) is 4.79 Å². The van der Waals surface area contributed by atoms with Gasteiger partial charge in [-0.25, -0.2) is 4.39 Å². The number of halogens is 2. The molecule has 2 N–H and O–H groups in total. The lowest BCUT2D eigenvalue weighted by atomic mass is 10.0. The summed E-state index contributed by atoms with van der Waals surface area (Å²) in [5, 5.41) is 0.315. The molecule has 0 spiro atoms. The van der Waals surface area contributed by atoms with Crippen LogP contribution >= 0.6 is 11.6 Å². The Bertz CT molecular complexity index is 643. The monoisotopic (exact) mass is 279 g/mol. The number of hydrogen-bond acceptors (Lipinski definition) is 3. The normalized spacial score (nSPS) is 10.3. The number of benzene rings is 2. The van der Waals surface area contributed by atoms with Gasteiger partial charge in [-0.15, -0.1) is 0 Å². The largest absolute Gasteiger partial charge is 0.494 e. The standard InChI is InChI=1S/C14H11ClFNO2/c1-19-13-6-9(12(17)7-11(13)16)14(18)8-4-2-3-5-10(8)15/h2-7H,17H2,1H3. The van der Waals surface area contributed by atoms with E-state index in [2.05, 4.69) is 0 Å². The minimum absolute atomic E-state index is 0.0374. The van der Waals surface area contributed by atoms with Gasteiger partial charge in [-0.05, 0) is 18.2 Å². The summed E-state index contributed by atoms with van der Waals surface area (Å²) >= 11 is 5.96. The minimum Gasteiger partial charge on any atom is -0.494 e. The summed E-state index contributed by atoms with van der Waals surface area (Å²) < 4.78 is 18.3. The van der Waals surface area contributed by atoms with E-state index in [0.29, 0.717) is 10.6 Å². The van der Waals surface area contributed by atoms with Gasteiger partial charge in [0.25, 0.3) is 0 Å². The first-order valence-corrected chi connectivity index (χ1v) is 5.84. The number of rotatable bonds is 3.